The third kappa shape index (κ3) is 3.93. The fourth-order valence-corrected chi connectivity index (χ4v) is 3.93. The van der Waals surface area contributed by atoms with Gasteiger partial charge in [-0.05, 0) is 55.0 Å². The van der Waals surface area contributed by atoms with Crippen LogP contribution in [0.3, 0.4) is 0 Å². The number of anilines is 1. The van der Waals surface area contributed by atoms with Gasteiger partial charge in [-0.1, -0.05) is 15.9 Å². The number of nitrogens with one attached hydrogen (secondary N) is 1. The van der Waals surface area contributed by atoms with Crippen LogP contribution in [0, 0.1) is 6.92 Å². The molecule has 0 atom stereocenters. The molecule has 2 aromatic carbocycles. The molecule has 5 nitrogen and oxygen atoms in total. The van der Waals surface area contributed by atoms with Gasteiger partial charge in [-0.15, -0.1) is 0 Å². The zero-order valence-corrected chi connectivity index (χ0v) is 15.4. The van der Waals surface area contributed by atoms with E-state index in [4.69, 9.17) is 0 Å². The number of rotatable bonds is 5. The molecule has 0 fully saturated rings. The minimum Gasteiger partial charge on any atom is -0.280 e. The largest absolute Gasteiger partial charge is 0.341 e. The highest BCUT2D eigenvalue weighted by molar-refractivity contribution is 9.10. The van der Waals surface area contributed by atoms with Crippen LogP contribution in [0.2, 0.25) is 0 Å². The lowest BCUT2D eigenvalue weighted by Gasteiger charge is -2.10. The molecule has 0 spiro atoms. The molecule has 0 aliphatic heterocycles. The molecule has 0 aromatic heterocycles. The van der Waals surface area contributed by atoms with E-state index in [-0.39, 0.29) is 10.6 Å². The average Bonchev–Trinajstić information content (AvgIpc) is 2.50. The Balaban J connectivity index is 2.29. The molecule has 130 valence electrons. The van der Waals surface area contributed by atoms with Gasteiger partial charge in [-0.2, -0.15) is 8.78 Å². The molecule has 0 aliphatic carbocycles. The summed E-state index contributed by atoms with van der Waals surface area (Å²) in [5.41, 5.74) is 0.778. The van der Waals surface area contributed by atoms with Gasteiger partial charge in [0.1, 0.15) is 0 Å². The minimum atomic E-state index is -4.72. The van der Waals surface area contributed by atoms with Crippen LogP contribution in [0.15, 0.2) is 56.7 Å². The van der Waals surface area contributed by atoms with Crippen molar-refractivity contribution in [2.45, 2.75) is 22.5 Å². The Bertz CT molecular complexity index is 959. The maximum atomic E-state index is 12.5. The summed E-state index contributed by atoms with van der Waals surface area (Å²) >= 11 is 3.27. The molecule has 0 aliphatic rings. The molecular formula is C14H12BrF2NO4S2. The number of halogens is 3. The van der Waals surface area contributed by atoms with Gasteiger partial charge in [0, 0.05) is 10.2 Å². The van der Waals surface area contributed by atoms with Crippen LogP contribution in [-0.2, 0) is 19.9 Å². The summed E-state index contributed by atoms with van der Waals surface area (Å²) in [6.07, 6.45) is 0. The van der Waals surface area contributed by atoms with E-state index in [1.807, 2.05) is 0 Å². The molecule has 0 radical (unpaired) electrons. The number of benzene rings is 2. The molecule has 0 saturated carbocycles. The van der Waals surface area contributed by atoms with Gasteiger partial charge in [0.25, 0.3) is 10.0 Å². The molecule has 0 saturated heterocycles. The van der Waals surface area contributed by atoms with Gasteiger partial charge in [0.05, 0.1) is 9.79 Å². The highest BCUT2D eigenvalue weighted by Gasteiger charge is 2.26. The van der Waals surface area contributed by atoms with Crippen molar-refractivity contribution in [1.29, 1.82) is 0 Å². The zero-order chi connectivity index (χ0) is 18.1. The number of aryl methyl sites for hydroxylation is 1. The van der Waals surface area contributed by atoms with E-state index in [1.165, 1.54) is 12.1 Å². The van der Waals surface area contributed by atoms with E-state index in [2.05, 4.69) is 20.7 Å². The number of sulfonamides is 1. The van der Waals surface area contributed by atoms with E-state index in [1.54, 1.807) is 13.0 Å². The predicted octanol–water partition coefficient (Wildman–Crippen LogP) is 3.55. The van der Waals surface area contributed by atoms with Crippen LogP contribution in [0.5, 0.6) is 0 Å². The van der Waals surface area contributed by atoms with Crippen molar-refractivity contribution in [3.8, 4) is 0 Å². The van der Waals surface area contributed by atoms with Gasteiger partial charge in [-0.3, -0.25) is 4.72 Å². The molecule has 2 rings (SSSR count). The lowest BCUT2D eigenvalue weighted by Crippen LogP contribution is -2.14. The smallest absolute Gasteiger partial charge is 0.280 e. The zero-order valence-electron chi connectivity index (χ0n) is 12.2. The maximum absolute atomic E-state index is 12.5. The fourth-order valence-electron chi connectivity index (χ4n) is 1.81. The lowest BCUT2D eigenvalue weighted by atomic mass is 10.2. The number of sulfone groups is 1. The van der Waals surface area contributed by atoms with Crippen LogP contribution in [-0.4, -0.2) is 22.6 Å². The first-order valence-electron chi connectivity index (χ1n) is 6.45. The molecule has 1 N–H and O–H groups in total. The Kier molecular flexibility index (Phi) is 5.31. The van der Waals surface area contributed by atoms with Crippen LogP contribution >= 0.6 is 15.9 Å². The van der Waals surface area contributed by atoms with Gasteiger partial charge in [-0.25, -0.2) is 16.8 Å². The number of hydrogen-bond acceptors (Lipinski definition) is 4. The fraction of sp³-hybridized carbons (Fsp3) is 0.143. The molecule has 0 amide bonds. The second-order valence-electron chi connectivity index (χ2n) is 4.85. The average molecular weight is 440 g/mol. The topological polar surface area (TPSA) is 80.3 Å². The monoisotopic (exact) mass is 439 g/mol. The summed E-state index contributed by atoms with van der Waals surface area (Å²) in [7, 11) is -8.60. The Morgan fingerprint density at radius 1 is 0.958 bits per heavy atom. The van der Waals surface area contributed by atoms with E-state index in [0.717, 1.165) is 34.3 Å². The van der Waals surface area contributed by atoms with Crippen molar-refractivity contribution in [3.05, 3.63) is 52.5 Å². The van der Waals surface area contributed by atoms with Crippen molar-refractivity contribution >= 4 is 41.5 Å². The van der Waals surface area contributed by atoms with Crippen LogP contribution in [0.1, 0.15) is 5.56 Å². The van der Waals surface area contributed by atoms with E-state index in [0.29, 0.717) is 0 Å². The van der Waals surface area contributed by atoms with Gasteiger partial charge < -0.3 is 0 Å². The second-order valence-corrected chi connectivity index (χ2v) is 9.30. The van der Waals surface area contributed by atoms with Crippen LogP contribution in [0.4, 0.5) is 14.5 Å². The lowest BCUT2D eigenvalue weighted by molar-refractivity contribution is 0.234. The first-order valence-corrected chi connectivity index (χ1v) is 10.3. The van der Waals surface area contributed by atoms with Crippen molar-refractivity contribution in [2.75, 3.05) is 4.72 Å². The maximum Gasteiger partial charge on any atom is 0.341 e. The Morgan fingerprint density at radius 2 is 1.50 bits per heavy atom. The highest BCUT2D eigenvalue weighted by Crippen LogP contribution is 2.24. The summed E-state index contributed by atoms with van der Waals surface area (Å²) in [6, 6.07) is 8.51. The molecular weight excluding hydrogens is 428 g/mol. The van der Waals surface area contributed by atoms with Gasteiger partial charge in [0.15, 0.2) is 0 Å². The molecule has 24 heavy (non-hydrogen) atoms. The standard InChI is InChI=1S/C14H12BrF2NO4S2/c1-9-8-12(6-7-13(9)15)24(21,22)18-10-2-4-11(5-3-10)23(19,20)14(16)17/h2-8,14,18H,1H3. The minimum absolute atomic E-state index is 0.0208. The Labute approximate surface area is 146 Å². The first kappa shape index (κ1) is 18.8. The summed E-state index contributed by atoms with van der Waals surface area (Å²) < 4.78 is 75.2. The van der Waals surface area contributed by atoms with Crippen molar-refractivity contribution in [1.82, 2.24) is 0 Å². The van der Waals surface area contributed by atoms with E-state index >= 15 is 0 Å². The summed E-state index contributed by atoms with van der Waals surface area (Å²) in [4.78, 5) is -0.563. The SMILES string of the molecule is Cc1cc(S(=O)(=O)Nc2ccc(S(=O)(=O)C(F)F)cc2)ccc1Br. The Morgan fingerprint density at radius 3 is 2.00 bits per heavy atom. The molecule has 0 bridgehead atoms. The second kappa shape index (κ2) is 6.77. The van der Waals surface area contributed by atoms with Crippen molar-refractivity contribution < 1.29 is 25.6 Å². The predicted molar refractivity (Wildman–Crippen MR) is 89.3 cm³/mol. The van der Waals surface area contributed by atoms with Gasteiger partial charge >= 0.3 is 5.76 Å². The van der Waals surface area contributed by atoms with Crippen molar-refractivity contribution in [3.63, 3.8) is 0 Å². The third-order valence-electron chi connectivity index (χ3n) is 3.11. The van der Waals surface area contributed by atoms with E-state index in [9.17, 15) is 25.6 Å². The highest BCUT2D eigenvalue weighted by atomic mass is 79.9. The first-order chi connectivity index (χ1) is 11.0. The summed E-state index contributed by atoms with van der Waals surface area (Å²) in [5, 5.41) is 0. The number of hydrogen-bond donors (Lipinski definition) is 1. The molecule has 2 aromatic rings. The molecule has 0 heterocycles. The Hall–Kier alpha value is -1.52. The molecule has 10 heteroatoms. The quantitative estimate of drug-likeness (QED) is 0.771. The summed E-state index contributed by atoms with van der Waals surface area (Å²) in [5.74, 6) is -3.54. The van der Waals surface area contributed by atoms with Gasteiger partial charge in [0.2, 0.25) is 9.84 Å². The third-order valence-corrected chi connectivity index (χ3v) is 6.78. The van der Waals surface area contributed by atoms with Crippen molar-refractivity contribution in [2.24, 2.45) is 0 Å². The molecule has 0 unspecified atom stereocenters. The van der Waals surface area contributed by atoms with E-state index < -0.39 is 30.5 Å². The normalized spacial score (nSPS) is 12.4. The van der Waals surface area contributed by atoms with Crippen LogP contribution in [0.25, 0.3) is 0 Å². The number of alkyl halides is 2. The summed E-state index contributed by atoms with van der Waals surface area (Å²) in [6.45, 7) is 1.73. The van der Waals surface area contributed by atoms with Crippen LogP contribution < -0.4 is 4.72 Å².